The molecule has 5 nitrogen and oxygen atoms in total. The molecule has 0 amide bonds. The van der Waals surface area contributed by atoms with Crippen molar-refractivity contribution in [2.24, 2.45) is 0 Å². The summed E-state index contributed by atoms with van der Waals surface area (Å²) in [6.07, 6.45) is 1.76. The standard InChI is InChI=1S/C25H22FN3O2/c1-12(2)21-22(16-5-4-6-19-17(16)9-13(3)28-19)24(25(30)31)29-23(21)18-10-14(26)11-20-15(18)7-8-27-20/h4-12,27-29H,1-3H3,(H,30,31). The van der Waals surface area contributed by atoms with Crippen LogP contribution >= 0.6 is 0 Å². The zero-order valence-electron chi connectivity index (χ0n) is 17.4. The number of hydrogen-bond acceptors (Lipinski definition) is 1. The first-order chi connectivity index (χ1) is 14.8. The molecule has 0 unspecified atom stereocenters. The van der Waals surface area contributed by atoms with Crippen molar-refractivity contribution in [1.29, 1.82) is 0 Å². The molecule has 5 aromatic rings. The van der Waals surface area contributed by atoms with Crippen LogP contribution in [-0.4, -0.2) is 26.0 Å². The van der Waals surface area contributed by atoms with Gasteiger partial charge in [-0.25, -0.2) is 9.18 Å². The number of H-pyrrole nitrogens is 3. The van der Waals surface area contributed by atoms with Gasteiger partial charge >= 0.3 is 5.97 Å². The topological polar surface area (TPSA) is 84.7 Å². The molecule has 6 heteroatoms. The molecule has 4 N–H and O–H groups in total. The molecule has 0 aliphatic heterocycles. The van der Waals surface area contributed by atoms with Crippen LogP contribution in [0.15, 0.2) is 48.7 Å². The Morgan fingerprint density at radius 1 is 1.00 bits per heavy atom. The molecule has 156 valence electrons. The third kappa shape index (κ3) is 2.94. The lowest BCUT2D eigenvalue weighted by molar-refractivity contribution is 0.0692. The van der Waals surface area contributed by atoms with Crippen LogP contribution in [0.3, 0.4) is 0 Å². The first-order valence-electron chi connectivity index (χ1n) is 10.2. The van der Waals surface area contributed by atoms with E-state index < -0.39 is 5.97 Å². The van der Waals surface area contributed by atoms with E-state index in [0.717, 1.165) is 33.1 Å². The predicted molar refractivity (Wildman–Crippen MR) is 121 cm³/mol. The number of rotatable bonds is 4. The molecule has 0 spiro atoms. The van der Waals surface area contributed by atoms with Crippen LogP contribution in [0.5, 0.6) is 0 Å². The molecule has 0 bridgehead atoms. The lowest BCUT2D eigenvalue weighted by Crippen LogP contribution is -2.00. The summed E-state index contributed by atoms with van der Waals surface area (Å²) in [7, 11) is 0. The second kappa shape index (κ2) is 6.87. The smallest absolute Gasteiger partial charge is 0.352 e. The summed E-state index contributed by atoms with van der Waals surface area (Å²) in [5.41, 5.74) is 6.35. The van der Waals surface area contributed by atoms with Crippen LogP contribution in [-0.2, 0) is 0 Å². The molecule has 2 aromatic carbocycles. The van der Waals surface area contributed by atoms with E-state index in [1.807, 2.05) is 51.1 Å². The predicted octanol–water partition coefficient (Wildman–Crippen LogP) is 6.58. The molecule has 0 fully saturated rings. The summed E-state index contributed by atoms with van der Waals surface area (Å²) in [6, 6.07) is 12.7. The van der Waals surface area contributed by atoms with Crippen molar-refractivity contribution in [1.82, 2.24) is 15.0 Å². The average Bonchev–Trinajstić information content (AvgIpc) is 3.41. The molecule has 5 rings (SSSR count). The van der Waals surface area contributed by atoms with Crippen molar-refractivity contribution in [3.05, 3.63) is 71.4 Å². The number of aromatic carboxylic acids is 1. The molecule has 3 aromatic heterocycles. The van der Waals surface area contributed by atoms with Crippen LogP contribution < -0.4 is 0 Å². The van der Waals surface area contributed by atoms with Crippen LogP contribution in [0, 0.1) is 12.7 Å². The summed E-state index contributed by atoms with van der Waals surface area (Å²) >= 11 is 0. The Morgan fingerprint density at radius 3 is 2.55 bits per heavy atom. The first kappa shape index (κ1) is 19.2. The van der Waals surface area contributed by atoms with Crippen molar-refractivity contribution in [2.45, 2.75) is 26.7 Å². The fourth-order valence-corrected chi connectivity index (χ4v) is 4.60. The minimum Gasteiger partial charge on any atom is -0.477 e. The summed E-state index contributed by atoms with van der Waals surface area (Å²) in [5, 5.41) is 11.9. The number of halogens is 1. The van der Waals surface area contributed by atoms with Crippen molar-refractivity contribution >= 4 is 27.8 Å². The Bertz CT molecular complexity index is 1470. The van der Waals surface area contributed by atoms with Gasteiger partial charge in [-0.05, 0) is 54.3 Å². The molecule has 0 atom stereocenters. The molecule has 0 aliphatic carbocycles. The van der Waals surface area contributed by atoms with Gasteiger partial charge in [0.2, 0.25) is 0 Å². The summed E-state index contributed by atoms with van der Waals surface area (Å²) < 4.78 is 14.4. The van der Waals surface area contributed by atoms with Gasteiger partial charge in [0.1, 0.15) is 11.5 Å². The number of fused-ring (bicyclic) bond motifs is 2. The van der Waals surface area contributed by atoms with Crippen molar-refractivity contribution in [3.8, 4) is 22.4 Å². The Morgan fingerprint density at radius 2 is 1.81 bits per heavy atom. The van der Waals surface area contributed by atoms with Gasteiger partial charge in [-0.15, -0.1) is 0 Å². The van der Waals surface area contributed by atoms with Crippen LogP contribution in [0.2, 0.25) is 0 Å². The number of hydrogen-bond donors (Lipinski definition) is 4. The largest absolute Gasteiger partial charge is 0.477 e. The van der Waals surface area contributed by atoms with Crippen molar-refractivity contribution in [2.75, 3.05) is 0 Å². The van der Waals surface area contributed by atoms with Crippen LogP contribution in [0.4, 0.5) is 4.39 Å². The normalized spacial score (nSPS) is 11.8. The van der Waals surface area contributed by atoms with Gasteiger partial charge in [-0.3, -0.25) is 0 Å². The Kier molecular flexibility index (Phi) is 4.25. The quantitative estimate of drug-likeness (QED) is 0.267. The highest BCUT2D eigenvalue weighted by atomic mass is 19.1. The van der Waals surface area contributed by atoms with E-state index in [4.69, 9.17) is 0 Å². The van der Waals surface area contributed by atoms with Crippen molar-refractivity contribution < 1.29 is 14.3 Å². The van der Waals surface area contributed by atoms with Gasteiger partial charge in [-0.1, -0.05) is 26.0 Å². The minimum atomic E-state index is -1.05. The number of carboxylic acids is 1. The number of benzene rings is 2. The van der Waals surface area contributed by atoms with E-state index in [2.05, 4.69) is 15.0 Å². The third-order valence-corrected chi connectivity index (χ3v) is 5.80. The fraction of sp³-hybridized carbons (Fsp3) is 0.160. The molecule has 0 aliphatic rings. The first-order valence-corrected chi connectivity index (χ1v) is 10.2. The van der Waals surface area contributed by atoms with E-state index in [-0.39, 0.29) is 17.4 Å². The molecule has 0 radical (unpaired) electrons. The number of aryl methyl sites for hydroxylation is 1. The lowest BCUT2D eigenvalue weighted by atomic mass is 9.89. The highest BCUT2D eigenvalue weighted by molar-refractivity contribution is 6.07. The minimum absolute atomic E-state index is 0.00176. The number of carbonyl (C=O) groups is 1. The van der Waals surface area contributed by atoms with E-state index in [1.54, 1.807) is 6.20 Å². The summed E-state index contributed by atoms with van der Waals surface area (Å²) in [5.74, 6) is -1.42. The molecular weight excluding hydrogens is 393 g/mol. The average molecular weight is 415 g/mol. The van der Waals surface area contributed by atoms with Gasteiger partial charge in [0.25, 0.3) is 0 Å². The van der Waals surface area contributed by atoms with Crippen molar-refractivity contribution in [3.63, 3.8) is 0 Å². The Labute approximate surface area is 177 Å². The van der Waals surface area contributed by atoms with E-state index in [1.165, 1.54) is 12.1 Å². The zero-order chi connectivity index (χ0) is 21.9. The highest BCUT2D eigenvalue weighted by Crippen LogP contribution is 2.44. The fourth-order valence-electron chi connectivity index (χ4n) is 4.60. The van der Waals surface area contributed by atoms with Gasteiger partial charge in [-0.2, -0.15) is 0 Å². The maximum Gasteiger partial charge on any atom is 0.352 e. The number of aromatic amines is 3. The number of nitrogens with one attached hydrogen (secondary N) is 3. The monoisotopic (exact) mass is 415 g/mol. The maximum absolute atomic E-state index is 14.4. The Balaban J connectivity index is 1.91. The lowest BCUT2D eigenvalue weighted by Gasteiger charge is -2.13. The zero-order valence-corrected chi connectivity index (χ0v) is 17.4. The van der Waals surface area contributed by atoms with Gasteiger partial charge in [0.15, 0.2) is 0 Å². The third-order valence-electron chi connectivity index (χ3n) is 5.80. The molecule has 0 saturated carbocycles. The molecule has 31 heavy (non-hydrogen) atoms. The van der Waals surface area contributed by atoms with Gasteiger partial charge < -0.3 is 20.1 Å². The number of carboxylic acid groups (broad SMARTS) is 1. The van der Waals surface area contributed by atoms with E-state index in [0.29, 0.717) is 22.3 Å². The van der Waals surface area contributed by atoms with Crippen LogP contribution in [0.1, 0.15) is 41.5 Å². The molecule has 3 heterocycles. The van der Waals surface area contributed by atoms with E-state index >= 15 is 0 Å². The second-order valence-electron chi connectivity index (χ2n) is 8.23. The summed E-state index contributed by atoms with van der Waals surface area (Å²) in [4.78, 5) is 21.8. The summed E-state index contributed by atoms with van der Waals surface area (Å²) in [6.45, 7) is 6.03. The SMILES string of the molecule is Cc1cc2c(-c3c(C(=O)O)[nH]c(-c4cc(F)cc5[nH]ccc45)c3C(C)C)cccc2[nH]1. The molecule has 0 saturated heterocycles. The number of aromatic nitrogens is 3. The van der Waals surface area contributed by atoms with Crippen LogP contribution in [0.25, 0.3) is 44.2 Å². The maximum atomic E-state index is 14.4. The van der Waals surface area contributed by atoms with Gasteiger partial charge in [0.05, 0.1) is 5.69 Å². The van der Waals surface area contributed by atoms with E-state index in [9.17, 15) is 14.3 Å². The Hall–Kier alpha value is -3.80. The second-order valence-corrected chi connectivity index (χ2v) is 8.23. The van der Waals surface area contributed by atoms with Gasteiger partial charge in [0, 0.05) is 44.8 Å². The molecular formula is C25H22FN3O2. The highest BCUT2D eigenvalue weighted by Gasteiger charge is 2.27.